The Morgan fingerprint density at radius 3 is 2.33 bits per heavy atom. The van der Waals surface area contributed by atoms with Crippen LogP contribution in [0, 0.1) is 17.0 Å². The molecule has 0 bridgehead atoms. The molecule has 1 aliphatic heterocycles. The predicted molar refractivity (Wildman–Crippen MR) is 116 cm³/mol. The Balaban J connectivity index is 1.46. The highest BCUT2D eigenvalue weighted by molar-refractivity contribution is 7.89. The van der Waals surface area contributed by atoms with Crippen LogP contribution in [0.4, 0.5) is 5.69 Å². The molecule has 156 valence electrons. The fourth-order valence-electron chi connectivity index (χ4n) is 3.88. The number of piperazine rings is 1. The van der Waals surface area contributed by atoms with E-state index in [4.69, 9.17) is 0 Å². The van der Waals surface area contributed by atoms with E-state index in [0.29, 0.717) is 43.2 Å². The number of benzene rings is 3. The smallest absolute Gasteiger partial charge is 0.272 e. The molecule has 0 aromatic heterocycles. The van der Waals surface area contributed by atoms with Gasteiger partial charge in [-0.05, 0) is 35.4 Å². The maximum absolute atomic E-state index is 13.1. The lowest BCUT2D eigenvalue weighted by atomic mass is 10.1. The molecule has 0 radical (unpaired) electrons. The van der Waals surface area contributed by atoms with Crippen molar-refractivity contribution in [2.24, 2.45) is 0 Å². The number of rotatable bonds is 5. The van der Waals surface area contributed by atoms with Crippen LogP contribution in [0.5, 0.6) is 0 Å². The summed E-state index contributed by atoms with van der Waals surface area (Å²) in [6.07, 6.45) is 0. The van der Waals surface area contributed by atoms with Crippen molar-refractivity contribution in [3.05, 3.63) is 81.9 Å². The molecule has 7 nitrogen and oxygen atoms in total. The monoisotopic (exact) mass is 425 g/mol. The SMILES string of the molecule is Cc1c(CN2CCN(S(=O)(=O)c3ccc4ccccc4c3)CC2)cccc1[N+](=O)[O-]. The van der Waals surface area contributed by atoms with Gasteiger partial charge in [0, 0.05) is 44.4 Å². The minimum atomic E-state index is -3.56. The summed E-state index contributed by atoms with van der Waals surface area (Å²) in [4.78, 5) is 13.2. The molecular formula is C22H23N3O4S. The highest BCUT2D eigenvalue weighted by Gasteiger charge is 2.29. The molecule has 3 aromatic rings. The minimum absolute atomic E-state index is 0.116. The lowest BCUT2D eigenvalue weighted by Gasteiger charge is -2.34. The van der Waals surface area contributed by atoms with Crippen LogP contribution in [0.1, 0.15) is 11.1 Å². The first-order chi connectivity index (χ1) is 14.4. The van der Waals surface area contributed by atoms with Crippen molar-refractivity contribution >= 4 is 26.5 Å². The molecule has 0 spiro atoms. The number of nitrogens with zero attached hydrogens (tertiary/aromatic N) is 3. The number of nitro groups is 1. The average molecular weight is 426 g/mol. The van der Waals surface area contributed by atoms with Gasteiger partial charge in [-0.1, -0.05) is 42.5 Å². The van der Waals surface area contributed by atoms with E-state index in [9.17, 15) is 18.5 Å². The summed E-state index contributed by atoms with van der Waals surface area (Å²) in [5.74, 6) is 0. The number of fused-ring (bicyclic) bond motifs is 1. The van der Waals surface area contributed by atoms with Gasteiger partial charge in [0.1, 0.15) is 0 Å². The third kappa shape index (κ3) is 3.94. The van der Waals surface area contributed by atoms with E-state index < -0.39 is 10.0 Å². The second-order valence-corrected chi connectivity index (χ2v) is 9.45. The highest BCUT2D eigenvalue weighted by atomic mass is 32.2. The summed E-state index contributed by atoms with van der Waals surface area (Å²) < 4.78 is 27.7. The Hall–Kier alpha value is -2.81. The largest absolute Gasteiger partial charge is 0.296 e. The molecule has 1 fully saturated rings. The Bertz CT molecular complexity index is 1200. The lowest BCUT2D eigenvalue weighted by molar-refractivity contribution is -0.385. The van der Waals surface area contributed by atoms with E-state index in [-0.39, 0.29) is 10.6 Å². The second-order valence-electron chi connectivity index (χ2n) is 7.51. The summed E-state index contributed by atoms with van der Waals surface area (Å²) in [5, 5.41) is 13.1. The van der Waals surface area contributed by atoms with Crippen molar-refractivity contribution in [2.45, 2.75) is 18.4 Å². The molecule has 1 saturated heterocycles. The fraction of sp³-hybridized carbons (Fsp3) is 0.273. The first-order valence-electron chi connectivity index (χ1n) is 9.80. The van der Waals surface area contributed by atoms with Crippen molar-refractivity contribution in [3.63, 3.8) is 0 Å². The quantitative estimate of drug-likeness (QED) is 0.461. The molecule has 3 aromatic carbocycles. The zero-order chi connectivity index (χ0) is 21.3. The van der Waals surface area contributed by atoms with Crippen LogP contribution < -0.4 is 0 Å². The standard InChI is InChI=1S/C22H23N3O4S/c1-17-20(7-4-8-22(17)25(26)27)16-23-11-13-24(14-12-23)30(28,29)21-10-9-18-5-2-3-6-19(18)15-21/h2-10,15H,11-14,16H2,1H3. The zero-order valence-corrected chi connectivity index (χ0v) is 17.5. The Morgan fingerprint density at radius 2 is 1.63 bits per heavy atom. The van der Waals surface area contributed by atoms with Crippen LogP contribution in [0.3, 0.4) is 0 Å². The molecule has 0 unspecified atom stereocenters. The number of sulfonamides is 1. The van der Waals surface area contributed by atoms with E-state index in [1.807, 2.05) is 36.4 Å². The molecule has 0 saturated carbocycles. The van der Waals surface area contributed by atoms with Gasteiger partial charge in [0.25, 0.3) is 5.69 Å². The van der Waals surface area contributed by atoms with E-state index in [1.54, 1.807) is 25.1 Å². The van der Waals surface area contributed by atoms with E-state index in [0.717, 1.165) is 16.3 Å². The van der Waals surface area contributed by atoms with Crippen LogP contribution in [-0.2, 0) is 16.6 Å². The van der Waals surface area contributed by atoms with Crippen LogP contribution in [0.15, 0.2) is 65.6 Å². The molecule has 4 rings (SSSR count). The fourth-order valence-corrected chi connectivity index (χ4v) is 5.34. The molecule has 1 heterocycles. The summed E-state index contributed by atoms with van der Waals surface area (Å²) in [7, 11) is -3.56. The first kappa shape index (κ1) is 20.5. The van der Waals surface area contributed by atoms with Gasteiger partial charge in [-0.25, -0.2) is 8.42 Å². The van der Waals surface area contributed by atoms with Gasteiger partial charge < -0.3 is 0 Å². The third-order valence-electron chi connectivity index (χ3n) is 5.70. The molecule has 0 atom stereocenters. The summed E-state index contributed by atoms with van der Waals surface area (Å²) in [6, 6.07) is 18.0. The maximum atomic E-state index is 13.1. The van der Waals surface area contributed by atoms with Gasteiger partial charge in [-0.3, -0.25) is 15.0 Å². The normalized spacial score (nSPS) is 16.0. The summed E-state index contributed by atoms with van der Waals surface area (Å²) >= 11 is 0. The third-order valence-corrected chi connectivity index (χ3v) is 7.59. The van der Waals surface area contributed by atoms with Crippen molar-refractivity contribution < 1.29 is 13.3 Å². The van der Waals surface area contributed by atoms with Crippen molar-refractivity contribution in [2.75, 3.05) is 26.2 Å². The molecule has 0 aliphatic carbocycles. The Kier molecular flexibility index (Phi) is 5.55. The van der Waals surface area contributed by atoms with Crippen LogP contribution in [-0.4, -0.2) is 48.7 Å². The van der Waals surface area contributed by atoms with Gasteiger partial charge in [-0.15, -0.1) is 0 Å². The zero-order valence-electron chi connectivity index (χ0n) is 16.7. The second kappa shape index (κ2) is 8.14. The predicted octanol–water partition coefficient (Wildman–Crippen LogP) is 3.56. The average Bonchev–Trinajstić information content (AvgIpc) is 2.75. The van der Waals surface area contributed by atoms with Crippen LogP contribution in [0.25, 0.3) is 10.8 Å². The number of nitro benzene ring substituents is 1. The molecule has 0 N–H and O–H groups in total. The number of hydrogen-bond donors (Lipinski definition) is 0. The van der Waals surface area contributed by atoms with Gasteiger partial charge >= 0.3 is 0 Å². The topological polar surface area (TPSA) is 83.8 Å². The number of hydrogen-bond acceptors (Lipinski definition) is 5. The first-order valence-corrected chi connectivity index (χ1v) is 11.2. The molecular weight excluding hydrogens is 402 g/mol. The highest BCUT2D eigenvalue weighted by Crippen LogP contribution is 2.25. The summed E-state index contributed by atoms with van der Waals surface area (Å²) in [5.41, 5.74) is 1.67. The molecule has 30 heavy (non-hydrogen) atoms. The van der Waals surface area contributed by atoms with E-state index in [1.165, 1.54) is 10.4 Å². The molecule has 1 aliphatic rings. The van der Waals surface area contributed by atoms with Crippen molar-refractivity contribution in [3.8, 4) is 0 Å². The van der Waals surface area contributed by atoms with Crippen LogP contribution >= 0.6 is 0 Å². The lowest BCUT2D eigenvalue weighted by Crippen LogP contribution is -2.48. The molecule has 0 amide bonds. The van der Waals surface area contributed by atoms with Gasteiger partial charge in [-0.2, -0.15) is 4.31 Å². The van der Waals surface area contributed by atoms with Crippen molar-refractivity contribution in [1.29, 1.82) is 0 Å². The van der Waals surface area contributed by atoms with Crippen molar-refractivity contribution in [1.82, 2.24) is 9.21 Å². The minimum Gasteiger partial charge on any atom is -0.296 e. The Labute approximate surface area is 175 Å². The van der Waals surface area contributed by atoms with E-state index >= 15 is 0 Å². The maximum Gasteiger partial charge on any atom is 0.272 e. The van der Waals surface area contributed by atoms with Gasteiger partial charge in [0.15, 0.2) is 0 Å². The summed E-state index contributed by atoms with van der Waals surface area (Å²) in [6.45, 7) is 4.27. The van der Waals surface area contributed by atoms with Gasteiger partial charge in [0.05, 0.1) is 9.82 Å². The van der Waals surface area contributed by atoms with E-state index in [2.05, 4.69) is 4.90 Å². The van der Waals surface area contributed by atoms with Crippen LogP contribution in [0.2, 0.25) is 0 Å². The molecule has 8 heteroatoms. The Morgan fingerprint density at radius 1 is 0.933 bits per heavy atom. The van der Waals surface area contributed by atoms with Gasteiger partial charge in [0.2, 0.25) is 10.0 Å².